The second kappa shape index (κ2) is 9.10. The summed E-state index contributed by atoms with van der Waals surface area (Å²) in [6.45, 7) is 1.76. The Labute approximate surface area is 150 Å². The molecule has 2 amide bonds. The zero-order chi connectivity index (χ0) is 16.1. The zero-order valence-corrected chi connectivity index (χ0v) is 15.6. The van der Waals surface area contributed by atoms with Crippen LogP contribution in [0.25, 0.3) is 0 Å². The summed E-state index contributed by atoms with van der Waals surface area (Å²) in [4.78, 5) is 27.4. The van der Waals surface area contributed by atoms with Crippen molar-refractivity contribution < 1.29 is 14.3 Å². The summed E-state index contributed by atoms with van der Waals surface area (Å²) in [7, 11) is 3.62. The van der Waals surface area contributed by atoms with Crippen molar-refractivity contribution in [3.63, 3.8) is 0 Å². The number of carbonyl (C=O) groups is 2. The van der Waals surface area contributed by atoms with Gasteiger partial charge in [0.1, 0.15) is 5.75 Å². The summed E-state index contributed by atoms with van der Waals surface area (Å²) >= 11 is 3.38. The van der Waals surface area contributed by atoms with Gasteiger partial charge in [-0.3, -0.25) is 9.59 Å². The summed E-state index contributed by atoms with van der Waals surface area (Å²) in [5, 5.41) is 3.00. The van der Waals surface area contributed by atoms with Gasteiger partial charge in [-0.15, -0.1) is 12.4 Å². The minimum Gasteiger partial charge on any atom is -0.482 e. The molecular formula is C15H21BrClN3O3. The summed E-state index contributed by atoms with van der Waals surface area (Å²) in [6, 6.07) is 5.51. The van der Waals surface area contributed by atoms with E-state index in [1.54, 1.807) is 16.8 Å². The lowest BCUT2D eigenvalue weighted by molar-refractivity contribution is -0.129. The fraction of sp³-hybridized carbons (Fsp3) is 0.467. The second-order valence-corrected chi connectivity index (χ2v) is 6.03. The van der Waals surface area contributed by atoms with Crippen molar-refractivity contribution in [3.8, 4) is 5.75 Å². The smallest absolute Gasteiger partial charge is 0.265 e. The predicted octanol–water partition coefficient (Wildman–Crippen LogP) is 1.66. The molecule has 0 radical (unpaired) electrons. The molecule has 1 aromatic carbocycles. The van der Waals surface area contributed by atoms with Crippen LogP contribution in [0, 0.1) is 0 Å². The minimum absolute atomic E-state index is 0. The van der Waals surface area contributed by atoms with Crippen molar-refractivity contribution >= 4 is 45.8 Å². The second-order valence-electron chi connectivity index (χ2n) is 5.11. The third-order valence-electron chi connectivity index (χ3n) is 3.54. The Morgan fingerprint density at radius 2 is 2.22 bits per heavy atom. The third kappa shape index (κ3) is 5.09. The molecule has 0 atom stereocenters. The summed E-state index contributed by atoms with van der Waals surface area (Å²) in [5.74, 6) is 0.554. The Balaban J connectivity index is 0.00000264. The Hall–Kier alpha value is -1.31. The number of anilines is 1. The van der Waals surface area contributed by atoms with Crippen LogP contribution >= 0.6 is 28.3 Å². The van der Waals surface area contributed by atoms with Crippen molar-refractivity contribution in [2.24, 2.45) is 0 Å². The van der Waals surface area contributed by atoms with Crippen LogP contribution in [-0.4, -0.2) is 57.1 Å². The number of likely N-dealkylation sites (N-methyl/N-ethyl adjacent to an activating group) is 2. The monoisotopic (exact) mass is 405 g/mol. The van der Waals surface area contributed by atoms with E-state index < -0.39 is 0 Å². The van der Waals surface area contributed by atoms with Crippen LogP contribution in [0.15, 0.2) is 22.7 Å². The standard InChI is InChI=1S/C15H20BrN3O3.ClH/c1-17-6-8-18(2)14(20)5-7-19-12-4-3-11(16)9-13(12)22-10-15(19)21;/h3-4,9,17H,5-8,10H2,1-2H3;1H. The van der Waals surface area contributed by atoms with E-state index >= 15 is 0 Å². The highest BCUT2D eigenvalue weighted by atomic mass is 79.9. The Kier molecular flexibility index (Phi) is 7.81. The fourth-order valence-corrected chi connectivity index (χ4v) is 2.57. The molecule has 0 aliphatic carbocycles. The Bertz CT molecular complexity index is 571. The molecule has 23 heavy (non-hydrogen) atoms. The molecule has 0 unspecified atom stereocenters. The number of rotatable bonds is 6. The van der Waals surface area contributed by atoms with Crippen molar-refractivity contribution in [1.29, 1.82) is 0 Å². The van der Waals surface area contributed by atoms with E-state index in [9.17, 15) is 9.59 Å². The normalized spacial score (nSPS) is 13.0. The van der Waals surface area contributed by atoms with Crippen LogP contribution in [0.1, 0.15) is 6.42 Å². The number of hydrogen-bond acceptors (Lipinski definition) is 4. The first-order valence-corrected chi connectivity index (χ1v) is 7.93. The van der Waals surface area contributed by atoms with Crippen LogP contribution in [0.4, 0.5) is 5.69 Å². The maximum absolute atomic E-state index is 12.1. The average Bonchev–Trinajstić information content (AvgIpc) is 2.51. The van der Waals surface area contributed by atoms with Gasteiger partial charge in [-0.05, 0) is 25.2 Å². The van der Waals surface area contributed by atoms with E-state index in [1.165, 1.54) is 0 Å². The van der Waals surface area contributed by atoms with E-state index in [0.29, 0.717) is 30.9 Å². The van der Waals surface area contributed by atoms with Gasteiger partial charge in [-0.2, -0.15) is 0 Å². The van der Waals surface area contributed by atoms with E-state index in [0.717, 1.165) is 11.0 Å². The zero-order valence-electron chi connectivity index (χ0n) is 13.2. The first-order valence-electron chi connectivity index (χ1n) is 7.14. The van der Waals surface area contributed by atoms with Crippen molar-refractivity contribution in [2.75, 3.05) is 45.2 Å². The molecule has 128 valence electrons. The van der Waals surface area contributed by atoms with Crippen LogP contribution in [0.5, 0.6) is 5.75 Å². The molecule has 0 spiro atoms. The van der Waals surface area contributed by atoms with Crippen molar-refractivity contribution in [3.05, 3.63) is 22.7 Å². The van der Waals surface area contributed by atoms with Gasteiger partial charge in [0.05, 0.1) is 5.69 Å². The van der Waals surface area contributed by atoms with Gasteiger partial charge in [0.15, 0.2) is 6.61 Å². The number of ether oxygens (including phenoxy) is 1. The number of nitrogens with one attached hydrogen (secondary N) is 1. The SMILES string of the molecule is CNCCN(C)C(=O)CCN1C(=O)COc2cc(Br)ccc21.Cl. The lowest BCUT2D eigenvalue weighted by Gasteiger charge is -2.30. The van der Waals surface area contributed by atoms with Crippen molar-refractivity contribution in [2.45, 2.75) is 6.42 Å². The molecule has 0 aromatic heterocycles. The molecule has 6 nitrogen and oxygen atoms in total. The van der Waals surface area contributed by atoms with E-state index in [-0.39, 0.29) is 30.8 Å². The fourth-order valence-electron chi connectivity index (χ4n) is 2.23. The van der Waals surface area contributed by atoms with Crippen LogP contribution in [0.3, 0.4) is 0 Å². The molecule has 8 heteroatoms. The topological polar surface area (TPSA) is 61.9 Å². The van der Waals surface area contributed by atoms with E-state index in [4.69, 9.17) is 4.74 Å². The molecule has 1 aliphatic heterocycles. The van der Waals surface area contributed by atoms with E-state index in [2.05, 4.69) is 21.2 Å². The van der Waals surface area contributed by atoms with Gasteiger partial charge in [0.25, 0.3) is 5.91 Å². The third-order valence-corrected chi connectivity index (χ3v) is 4.03. The first kappa shape index (κ1) is 19.7. The molecule has 1 aromatic rings. The molecule has 1 N–H and O–H groups in total. The maximum atomic E-state index is 12.1. The van der Waals surface area contributed by atoms with Crippen LogP contribution < -0.4 is 15.0 Å². The number of nitrogens with zero attached hydrogens (tertiary/aromatic N) is 2. The molecule has 2 rings (SSSR count). The van der Waals surface area contributed by atoms with Gasteiger partial charge < -0.3 is 19.9 Å². The highest BCUT2D eigenvalue weighted by molar-refractivity contribution is 9.10. The number of halogens is 2. The number of fused-ring (bicyclic) bond motifs is 1. The van der Waals surface area contributed by atoms with Gasteiger partial charge >= 0.3 is 0 Å². The molecule has 0 fully saturated rings. The molecule has 0 bridgehead atoms. The maximum Gasteiger partial charge on any atom is 0.265 e. The highest BCUT2D eigenvalue weighted by Crippen LogP contribution is 2.34. The number of benzene rings is 1. The quantitative estimate of drug-likeness (QED) is 0.780. The predicted molar refractivity (Wildman–Crippen MR) is 95.4 cm³/mol. The van der Waals surface area contributed by atoms with Gasteiger partial charge in [-0.1, -0.05) is 15.9 Å². The molecule has 1 heterocycles. The lowest BCUT2D eigenvalue weighted by Crippen LogP contribution is -2.41. The summed E-state index contributed by atoms with van der Waals surface area (Å²) in [5.41, 5.74) is 0.713. The average molecular weight is 407 g/mol. The first-order chi connectivity index (χ1) is 10.5. The van der Waals surface area contributed by atoms with Gasteiger partial charge in [-0.25, -0.2) is 0 Å². The Morgan fingerprint density at radius 3 is 2.91 bits per heavy atom. The number of hydrogen-bond donors (Lipinski definition) is 1. The minimum atomic E-state index is -0.125. The number of carbonyl (C=O) groups excluding carboxylic acids is 2. The number of amides is 2. The van der Waals surface area contributed by atoms with Gasteiger partial charge in [0.2, 0.25) is 5.91 Å². The molecular weight excluding hydrogens is 386 g/mol. The van der Waals surface area contributed by atoms with Gasteiger partial charge in [0, 0.05) is 37.6 Å². The van der Waals surface area contributed by atoms with Crippen LogP contribution in [-0.2, 0) is 9.59 Å². The summed E-state index contributed by atoms with van der Waals surface area (Å²) < 4.78 is 6.32. The summed E-state index contributed by atoms with van der Waals surface area (Å²) in [6.07, 6.45) is 0.293. The molecule has 0 saturated carbocycles. The highest BCUT2D eigenvalue weighted by Gasteiger charge is 2.26. The van der Waals surface area contributed by atoms with Crippen LogP contribution in [0.2, 0.25) is 0 Å². The largest absolute Gasteiger partial charge is 0.482 e. The van der Waals surface area contributed by atoms with Crippen molar-refractivity contribution in [1.82, 2.24) is 10.2 Å². The lowest BCUT2D eigenvalue weighted by atomic mass is 10.2. The van der Waals surface area contributed by atoms with E-state index in [1.807, 2.05) is 25.2 Å². The molecule has 1 aliphatic rings. The Morgan fingerprint density at radius 1 is 1.48 bits per heavy atom. The molecule has 0 saturated heterocycles.